The van der Waals surface area contributed by atoms with Gasteiger partial charge in [0.15, 0.2) is 11.6 Å². The fraction of sp³-hybridized carbons (Fsp3) is 0.111. The Hall–Kier alpha value is -2.68. The zero-order valence-corrected chi connectivity index (χ0v) is 12.1. The van der Waals surface area contributed by atoms with Crippen LogP contribution in [0.4, 0.5) is 0 Å². The monoisotopic (exact) mass is 279 g/mol. The highest BCUT2D eigenvalue weighted by molar-refractivity contribution is 6.17. The second-order valence-corrected chi connectivity index (χ2v) is 4.88. The quantitative estimate of drug-likeness (QED) is 0.623. The Labute approximate surface area is 124 Å². The zero-order valence-electron chi connectivity index (χ0n) is 12.1. The fourth-order valence-corrected chi connectivity index (χ4v) is 1.95. The second-order valence-electron chi connectivity index (χ2n) is 4.88. The van der Waals surface area contributed by atoms with Crippen molar-refractivity contribution in [3.63, 3.8) is 0 Å². The number of rotatable bonds is 5. The van der Waals surface area contributed by atoms with Crippen molar-refractivity contribution >= 4 is 11.6 Å². The summed E-state index contributed by atoms with van der Waals surface area (Å²) in [4.78, 5) is 26.5. The Balaban J connectivity index is 2.38. The average molecular weight is 279 g/mol. The van der Waals surface area contributed by atoms with Crippen LogP contribution in [0.15, 0.2) is 66.9 Å². The standard InChI is InChI=1S/C18H17NO2/c1-19(2)13-12-17(20)15-10-6-7-11-16(15)18(21)14-8-4-3-5-9-14/h3-13H,1-2H3. The highest BCUT2D eigenvalue weighted by atomic mass is 16.1. The van der Waals surface area contributed by atoms with Crippen LogP contribution in [0, 0.1) is 0 Å². The summed E-state index contributed by atoms with van der Waals surface area (Å²) < 4.78 is 0. The molecule has 0 unspecified atom stereocenters. The molecule has 0 amide bonds. The number of allylic oxidation sites excluding steroid dienone is 1. The summed E-state index contributed by atoms with van der Waals surface area (Å²) >= 11 is 0. The largest absolute Gasteiger partial charge is 0.383 e. The summed E-state index contributed by atoms with van der Waals surface area (Å²) in [6.07, 6.45) is 3.14. The molecule has 0 aliphatic rings. The van der Waals surface area contributed by atoms with Crippen LogP contribution in [0.2, 0.25) is 0 Å². The molecule has 3 heteroatoms. The molecule has 106 valence electrons. The summed E-state index contributed by atoms with van der Waals surface area (Å²) in [5, 5.41) is 0. The molecule has 0 aromatic heterocycles. The van der Waals surface area contributed by atoms with E-state index >= 15 is 0 Å². The van der Waals surface area contributed by atoms with Crippen LogP contribution in [-0.2, 0) is 0 Å². The van der Waals surface area contributed by atoms with Gasteiger partial charge in [-0.3, -0.25) is 9.59 Å². The molecule has 0 heterocycles. The van der Waals surface area contributed by atoms with E-state index in [1.807, 2.05) is 32.3 Å². The third kappa shape index (κ3) is 3.66. The van der Waals surface area contributed by atoms with Gasteiger partial charge in [0, 0.05) is 43.1 Å². The van der Waals surface area contributed by atoms with Crippen molar-refractivity contribution in [2.75, 3.05) is 14.1 Å². The van der Waals surface area contributed by atoms with Gasteiger partial charge in [-0.15, -0.1) is 0 Å². The van der Waals surface area contributed by atoms with Gasteiger partial charge in [-0.2, -0.15) is 0 Å². The van der Waals surface area contributed by atoms with Crippen molar-refractivity contribution in [1.82, 2.24) is 4.90 Å². The average Bonchev–Trinajstić information content (AvgIpc) is 2.52. The minimum Gasteiger partial charge on any atom is -0.383 e. The maximum atomic E-state index is 12.5. The van der Waals surface area contributed by atoms with Gasteiger partial charge in [-0.25, -0.2) is 0 Å². The summed E-state index contributed by atoms with van der Waals surface area (Å²) in [7, 11) is 3.68. The minimum absolute atomic E-state index is 0.141. The van der Waals surface area contributed by atoms with E-state index in [0.29, 0.717) is 16.7 Å². The molecule has 0 spiro atoms. The van der Waals surface area contributed by atoms with E-state index in [4.69, 9.17) is 0 Å². The first-order valence-electron chi connectivity index (χ1n) is 6.67. The van der Waals surface area contributed by atoms with Crippen LogP contribution < -0.4 is 0 Å². The van der Waals surface area contributed by atoms with Crippen LogP contribution >= 0.6 is 0 Å². The highest BCUT2D eigenvalue weighted by Crippen LogP contribution is 2.15. The first-order valence-corrected chi connectivity index (χ1v) is 6.67. The number of benzene rings is 2. The summed E-state index contributed by atoms with van der Waals surface area (Å²) in [5.74, 6) is -0.318. The first-order chi connectivity index (χ1) is 10.1. The Kier molecular flexibility index (Phi) is 4.67. The van der Waals surface area contributed by atoms with E-state index in [0.717, 1.165) is 0 Å². The minimum atomic E-state index is -0.177. The maximum Gasteiger partial charge on any atom is 0.193 e. The Morgan fingerprint density at radius 2 is 1.43 bits per heavy atom. The number of hydrogen-bond acceptors (Lipinski definition) is 3. The van der Waals surface area contributed by atoms with Crippen molar-refractivity contribution in [1.29, 1.82) is 0 Å². The smallest absolute Gasteiger partial charge is 0.193 e. The third-order valence-corrected chi connectivity index (χ3v) is 3.00. The lowest BCUT2D eigenvalue weighted by Crippen LogP contribution is -2.09. The van der Waals surface area contributed by atoms with Gasteiger partial charge in [0.2, 0.25) is 0 Å². The highest BCUT2D eigenvalue weighted by Gasteiger charge is 2.16. The van der Waals surface area contributed by atoms with Crippen LogP contribution in [0.5, 0.6) is 0 Å². The maximum absolute atomic E-state index is 12.5. The van der Waals surface area contributed by atoms with Crippen molar-refractivity contribution in [3.05, 3.63) is 83.6 Å². The number of nitrogens with zero attached hydrogens (tertiary/aromatic N) is 1. The lowest BCUT2D eigenvalue weighted by molar-refractivity contribution is 0.101. The van der Waals surface area contributed by atoms with Gasteiger partial charge < -0.3 is 4.90 Å². The number of hydrogen-bond donors (Lipinski definition) is 0. The topological polar surface area (TPSA) is 37.4 Å². The van der Waals surface area contributed by atoms with Crippen LogP contribution in [-0.4, -0.2) is 30.6 Å². The van der Waals surface area contributed by atoms with E-state index < -0.39 is 0 Å². The van der Waals surface area contributed by atoms with E-state index in [-0.39, 0.29) is 11.6 Å². The molecule has 0 fully saturated rings. The molecule has 3 nitrogen and oxygen atoms in total. The molecule has 0 radical (unpaired) electrons. The number of ketones is 2. The van der Waals surface area contributed by atoms with Gasteiger partial charge in [-0.1, -0.05) is 54.6 Å². The molecular formula is C18H17NO2. The number of carbonyl (C=O) groups is 2. The Bertz CT molecular complexity index is 673. The summed E-state index contributed by atoms with van der Waals surface area (Å²) in [5.41, 5.74) is 1.43. The Morgan fingerprint density at radius 1 is 0.857 bits per heavy atom. The van der Waals surface area contributed by atoms with Gasteiger partial charge in [-0.05, 0) is 0 Å². The molecule has 0 atom stereocenters. The summed E-state index contributed by atoms with van der Waals surface area (Å²) in [6.45, 7) is 0. The SMILES string of the molecule is CN(C)C=CC(=O)c1ccccc1C(=O)c1ccccc1. The van der Waals surface area contributed by atoms with E-state index in [1.165, 1.54) is 6.08 Å². The van der Waals surface area contributed by atoms with Crippen molar-refractivity contribution in [2.24, 2.45) is 0 Å². The number of carbonyl (C=O) groups excluding carboxylic acids is 2. The van der Waals surface area contributed by atoms with E-state index in [2.05, 4.69) is 0 Å². The predicted octanol–water partition coefficient (Wildman–Crippen LogP) is 3.18. The van der Waals surface area contributed by atoms with Gasteiger partial charge >= 0.3 is 0 Å². The van der Waals surface area contributed by atoms with Gasteiger partial charge in [0.05, 0.1) is 0 Å². The summed E-state index contributed by atoms with van der Waals surface area (Å²) in [6, 6.07) is 15.9. The van der Waals surface area contributed by atoms with Crippen LogP contribution in [0.3, 0.4) is 0 Å². The fourth-order valence-electron chi connectivity index (χ4n) is 1.95. The normalized spacial score (nSPS) is 10.6. The van der Waals surface area contributed by atoms with Gasteiger partial charge in [0.1, 0.15) is 0 Å². The molecule has 2 rings (SSSR count). The van der Waals surface area contributed by atoms with Crippen LogP contribution in [0.25, 0.3) is 0 Å². The van der Waals surface area contributed by atoms with E-state index in [1.54, 1.807) is 47.5 Å². The third-order valence-electron chi connectivity index (χ3n) is 3.00. The van der Waals surface area contributed by atoms with Crippen molar-refractivity contribution in [3.8, 4) is 0 Å². The van der Waals surface area contributed by atoms with Crippen molar-refractivity contribution in [2.45, 2.75) is 0 Å². The molecule has 2 aromatic rings. The molecule has 0 saturated carbocycles. The zero-order chi connectivity index (χ0) is 15.2. The second kappa shape index (κ2) is 6.66. The molecule has 0 aliphatic carbocycles. The molecule has 0 aliphatic heterocycles. The lowest BCUT2D eigenvalue weighted by Gasteiger charge is -2.07. The molecular weight excluding hydrogens is 262 g/mol. The Morgan fingerprint density at radius 3 is 2.05 bits per heavy atom. The molecule has 0 N–H and O–H groups in total. The van der Waals surface area contributed by atoms with Gasteiger partial charge in [0.25, 0.3) is 0 Å². The lowest BCUT2D eigenvalue weighted by atomic mass is 9.96. The first kappa shape index (κ1) is 14.7. The molecule has 0 bridgehead atoms. The predicted molar refractivity (Wildman–Crippen MR) is 83.5 cm³/mol. The molecule has 21 heavy (non-hydrogen) atoms. The van der Waals surface area contributed by atoms with Crippen LogP contribution in [0.1, 0.15) is 26.3 Å². The molecule has 0 saturated heterocycles. The van der Waals surface area contributed by atoms with E-state index in [9.17, 15) is 9.59 Å². The van der Waals surface area contributed by atoms with Crippen molar-refractivity contribution < 1.29 is 9.59 Å². The molecule has 2 aromatic carbocycles.